The number of thiophene rings is 1. The molecule has 2 nitrogen and oxygen atoms in total. The predicted octanol–water partition coefficient (Wildman–Crippen LogP) is 2.61. The van der Waals surface area contributed by atoms with Crippen molar-refractivity contribution in [1.29, 1.82) is 0 Å². The molecule has 3 heteroatoms. The summed E-state index contributed by atoms with van der Waals surface area (Å²) < 4.78 is 5.61. The first kappa shape index (κ1) is 12.1. The number of rotatable bonds is 4. The summed E-state index contributed by atoms with van der Waals surface area (Å²) in [6, 6.07) is 4.50. The van der Waals surface area contributed by atoms with E-state index in [1.807, 2.05) is 11.3 Å². The van der Waals surface area contributed by atoms with Gasteiger partial charge < -0.3 is 10.5 Å². The second kappa shape index (κ2) is 5.30. The molecule has 1 aliphatic heterocycles. The Morgan fingerprint density at radius 1 is 1.44 bits per heavy atom. The molecule has 1 saturated heterocycles. The van der Waals surface area contributed by atoms with Gasteiger partial charge in [-0.05, 0) is 37.8 Å². The lowest BCUT2D eigenvalue weighted by molar-refractivity contribution is -0.00222. The van der Waals surface area contributed by atoms with Crippen molar-refractivity contribution in [2.75, 3.05) is 19.8 Å². The van der Waals surface area contributed by atoms with Gasteiger partial charge in [0.15, 0.2) is 0 Å². The van der Waals surface area contributed by atoms with Crippen molar-refractivity contribution in [3.05, 3.63) is 21.9 Å². The summed E-state index contributed by atoms with van der Waals surface area (Å²) >= 11 is 1.93. The van der Waals surface area contributed by atoms with E-state index in [1.165, 1.54) is 16.2 Å². The van der Waals surface area contributed by atoms with Gasteiger partial charge in [-0.15, -0.1) is 11.3 Å². The van der Waals surface area contributed by atoms with Crippen LogP contribution < -0.4 is 5.73 Å². The number of nitrogens with two attached hydrogens (primary N) is 1. The van der Waals surface area contributed by atoms with E-state index in [0.717, 1.165) is 39.0 Å². The molecule has 0 saturated carbocycles. The number of hydrogen-bond donors (Lipinski definition) is 1. The Kier molecular flexibility index (Phi) is 4.00. The summed E-state index contributed by atoms with van der Waals surface area (Å²) in [4.78, 5) is 2.94. The maximum atomic E-state index is 5.95. The first-order valence-corrected chi connectivity index (χ1v) is 6.95. The zero-order valence-electron chi connectivity index (χ0n) is 10.00. The summed E-state index contributed by atoms with van der Waals surface area (Å²) in [7, 11) is 0. The summed E-state index contributed by atoms with van der Waals surface area (Å²) in [6.07, 6.45) is 4.59. The zero-order chi connectivity index (χ0) is 11.4. The largest absolute Gasteiger partial charge is 0.381 e. The van der Waals surface area contributed by atoms with E-state index in [1.54, 1.807) is 0 Å². The van der Waals surface area contributed by atoms with E-state index < -0.39 is 0 Å². The molecular formula is C13H21NOS. The van der Waals surface area contributed by atoms with Crippen LogP contribution >= 0.6 is 11.3 Å². The van der Waals surface area contributed by atoms with Crippen molar-refractivity contribution in [2.24, 2.45) is 11.1 Å². The number of aryl methyl sites for hydroxylation is 1. The van der Waals surface area contributed by atoms with Gasteiger partial charge in [-0.3, -0.25) is 0 Å². The predicted molar refractivity (Wildman–Crippen MR) is 68.9 cm³/mol. The SMILES string of the molecule is CCc1ccc(CC2(CN)CCCOC2)s1. The molecule has 1 aliphatic rings. The number of hydrogen-bond acceptors (Lipinski definition) is 3. The van der Waals surface area contributed by atoms with Crippen molar-refractivity contribution >= 4 is 11.3 Å². The summed E-state index contributed by atoms with van der Waals surface area (Å²) in [5.74, 6) is 0. The topological polar surface area (TPSA) is 35.2 Å². The molecule has 16 heavy (non-hydrogen) atoms. The lowest BCUT2D eigenvalue weighted by Gasteiger charge is -2.35. The highest BCUT2D eigenvalue weighted by Gasteiger charge is 2.32. The molecule has 0 aliphatic carbocycles. The number of ether oxygens (including phenoxy) is 1. The van der Waals surface area contributed by atoms with Crippen molar-refractivity contribution in [3.63, 3.8) is 0 Å². The molecule has 1 aromatic rings. The summed E-state index contributed by atoms with van der Waals surface area (Å²) in [6.45, 7) is 4.69. The Hall–Kier alpha value is -0.380. The van der Waals surface area contributed by atoms with Crippen LogP contribution in [0, 0.1) is 5.41 Å². The molecule has 0 spiro atoms. The standard InChI is InChI=1S/C13H21NOS/c1-2-11-4-5-12(16-11)8-13(9-14)6-3-7-15-10-13/h4-5H,2-3,6-10,14H2,1H3. The van der Waals surface area contributed by atoms with Gasteiger partial charge in [-0.25, -0.2) is 0 Å². The summed E-state index contributed by atoms with van der Waals surface area (Å²) in [5, 5.41) is 0. The molecule has 1 atom stereocenters. The van der Waals surface area contributed by atoms with Crippen molar-refractivity contribution in [3.8, 4) is 0 Å². The molecule has 90 valence electrons. The first-order chi connectivity index (χ1) is 7.78. The van der Waals surface area contributed by atoms with Crippen molar-refractivity contribution in [2.45, 2.75) is 32.6 Å². The van der Waals surface area contributed by atoms with Gasteiger partial charge in [-0.2, -0.15) is 0 Å². The van der Waals surface area contributed by atoms with Gasteiger partial charge in [0.05, 0.1) is 6.61 Å². The second-order valence-corrected chi connectivity index (χ2v) is 6.01. The fourth-order valence-corrected chi connectivity index (χ4v) is 3.49. The van der Waals surface area contributed by atoms with Crippen LogP contribution in [0.15, 0.2) is 12.1 Å². The third-order valence-corrected chi connectivity index (χ3v) is 4.68. The highest BCUT2D eigenvalue weighted by atomic mass is 32.1. The summed E-state index contributed by atoms with van der Waals surface area (Å²) in [5.41, 5.74) is 6.15. The third-order valence-electron chi connectivity index (χ3n) is 3.45. The van der Waals surface area contributed by atoms with Crippen LogP contribution in [-0.2, 0) is 17.6 Å². The monoisotopic (exact) mass is 239 g/mol. The van der Waals surface area contributed by atoms with Gasteiger partial charge in [0, 0.05) is 28.3 Å². The Balaban J connectivity index is 2.05. The average molecular weight is 239 g/mol. The van der Waals surface area contributed by atoms with Crippen LogP contribution in [0.5, 0.6) is 0 Å². The Labute approximate surface area is 102 Å². The lowest BCUT2D eigenvalue weighted by atomic mass is 9.79. The van der Waals surface area contributed by atoms with E-state index in [4.69, 9.17) is 10.5 Å². The normalized spacial score (nSPS) is 25.9. The van der Waals surface area contributed by atoms with Crippen LogP contribution in [0.2, 0.25) is 0 Å². The molecule has 1 aromatic heterocycles. The van der Waals surface area contributed by atoms with Crippen molar-refractivity contribution in [1.82, 2.24) is 0 Å². The fraction of sp³-hybridized carbons (Fsp3) is 0.692. The lowest BCUT2D eigenvalue weighted by Crippen LogP contribution is -2.40. The molecule has 1 unspecified atom stereocenters. The molecule has 1 fully saturated rings. The Bertz CT molecular complexity index is 328. The molecule has 0 bridgehead atoms. The van der Waals surface area contributed by atoms with Crippen LogP contribution in [0.4, 0.5) is 0 Å². The van der Waals surface area contributed by atoms with Gasteiger partial charge >= 0.3 is 0 Å². The first-order valence-electron chi connectivity index (χ1n) is 6.13. The zero-order valence-corrected chi connectivity index (χ0v) is 10.8. The van der Waals surface area contributed by atoms with Gasteiger partial charge in [0.1, 0.15) is 0 Å². The van der Waals surface area contributed by atoms with Gasteiger partial charge in [0.2, 0.25) is 0 Å². The van der Waals surface area contributed by atoms with E-state index >= 15 is 0 Å². The Morgan fingerprint density at radius 2 is 2.25 bits per heavy atom. The highest BCUT2D eigenvalue weighted by Crippen LogP contribution is 2.33. The van der Waals surface area contributed by atoms with Gasteiger partial charge in [0.25, 0.3) is 0 Å². The van der Waals surface area contributed by atoms with Gasteiger partial charge in [-0.1, -0.05) is 6.92 Å². The minimum Gasteiger partial charge on any atom is -0.381 e. The second-order valence-electron chi connectivity index (χ2n) is 4.76. The minimum absolute atomic E-state index is 0.202. The molecule has 2 rings (SSSR count). The fourth-order valence-electron chi connectivity index (χ4n) is 2.36. The maximum absolute atomic E-state index is 5.95. The van der Waals surface area contributed by atoms with Crippen LogP contribution in [0.1, 0.15) is 29.5 Å². The maximum Gasteiger partial charge on any atom is 0.0538 e. The van der Waals surface area contributed by atoms with E-state index in [9.17, 15) is 0 Å². The van der Waals surface area contributed by atoms with E-state index in [2.05, 4.69) is 19.1 Å². The third kappa shape index (κ3) is 2.65. The molecule has 0 amide bonds. The highest BCUT2D eigenvalue weighted by molar-refractivity contribution is 7.11. The smallest absolute Gasteiger partial charge is 0.0538 e. The minimum atomic E-state index is 0.202. The average Bonchev–Trinajstić information content (AvgIpc) is 2.78. The molecule has 2 heterocycles. The molecular weight excluding hydrogens is 218 g/mol. The van der Waals surface area contributed by atoms with Crippen LogP contribution in [-0.4, -0.2) is 19.8 Å². The van der Waals surface area contributed by atoms with Crippen LogP contribution in [0.25, 0.3) is 0 Å². The quantitative estimate of drug-likeness (QED) is 0.876. The molecule has 0 radical (unpaired) electrons. The Morgan fingerprint density at radius 3 is 2.81 bits per heavy atom. The molecule has 2 N–H and O–H groups in total. The van der Waals surface area contributed by atoms with Crippen LogP contribution in [0.3, 0.4) is 0 Å². The van der Waals surface area contributed by atoms with E-state index in [0.29, 0.717) is 0 Å². The molecule has 0 aromatic carbocycles. The van der Waals surface area contributed by atoms with Crippen molar-refractivity contribution < 1.29 is 4.74 Å². The van der Waals surface area contributed by atoms with E-state index in [-0.39, 0.29) is 5.41 Å².